The molecule has 7 nitrogen and oxygen atoms in total. The highest BCUT2D eigenvalue weighted by Crippen LogP contribution is 2.33. The third kappa shape index (κ3) is 2.02. The smallest absolute Gasteiger partial charge is 0.282 e. The van der Waals surface area contributed by atoms with Crippen molar-refractivity contribution in [2.45, 2.75) is 6.17 Å². The topological polar surface area (TPSA) is 106 Å². The van der Waals surface area contributed by atoms with Crippen molar-refractivity contribution in [3.63, 3.8) is 0 Å². The molecule has 1 aliphatic heterocycles. The summed E-state index contributed by atoms with van der Waals surface area (Å²) in [4.78, 5) is 20.6. The minimum Gasteiger partial charge on any atom is -0.508 e. The van der Waals surface area contributed by atoms with Gasteiger partial charge in [-0.2, -0.15) is 4.98 Å². The molecule has 4 rings (SSSR count). The van der Waals surface area contributed by atoms with E-state index >= 15 is 0 Å². The minimum atomic E-state index is -0.606. The molecule has 1 aromatic heterocycles. The van der Waals surface area contributed by atoms with Gasteiger partial charge >= 0.3 is 0 Å². The molecule has 2 aromatic carbocycles. The monoisotopic (exact) mass is 307 g/mol. The van der Waals surface area contributed by atoms with Crippen LogP contribution in [0.4, 0.5) is 5.95 Å². The summed E-state index contributed by atoms with van der Waals surface area (Å²) >= 11 is 0. The van der Waals surface area contributed by atoms with Crippen molar-refractivity contribution in [1.82, 2.24) is 9.55 Å². The standard InChI is InChI=1S/C16H13N5O2/c17-15-18-13(10-6-2-4-8-12(10)22)21-11-7-3-1-5-9(11)14(23)19-16(21)20-15/h1-8,13,22H,(H3,17,18,19,20,23)/t13-/m0/s1. The molecular formula is C16H13N5O2. The third-order valence-corrected chi connectivity index (χ3v) is 3.79. The molecule has 114 valence electrons. The molecule has 3 aromatic rings. The molecule has 23 heavy (non-hydrogen) atoms. The largest absolute Gasteiger partial charge is 0.508 e. The molecule has 0 saturated heterocycles. The number of anilines is 1. The quantitative estimate of drug-likeness (QED) is 0.630. The van der Waals surface area contributed by atoms with Gasteiger partial charge in [-0.1, -0.05) is 30.3 Å². The predicted molar refractivity (Wildman–Crippen MR) is 87.5 cm³/mol. The highest BCUT2D eigenvalue weighted by atomic mass is 16.3. The summed E-state index contributed by atoms with van der Waals surface area (Å²) in [6.07, 6.45) is -0.606. The number of aromatic hydroxyl groups is 1. The summed E-state index contributed by atoms with van der Waals surface area (Å²) in [5, 5.41) is 13.5. The number of phenols is 1. The Labute approximate surface area is 130 Å². The number of hydrogen-bond acceptors (Lipinski definition) is 6. The Hall–Kier alpha value is -3.35. The highest BCUT2D eigenvalue weighted by molar-refractivity contribution is 5.93. The van der Waals surface area contributed by atoms with E-state index in [1.165, 1.54) is 0 Å². The van der Waals surface area contributed by atoms with Crippen LogP contribution in [0.3, 0.4) is 0 Å². The van der Waals surface area contributed by atoms with Crippen molar-refractivity contribution < 1.29 is 5.11 Å². The number of aromatic nitrogens is 2. The van der Waals surface area contributed by atoms with Crippen LogP contribution in [0.25, 0.3) is 10.9 Å². The van der Waals surface area contributed by atoms with Crippen molar-refractivity contribution in [1.29, 1.82) is 0 Å². The Morgan fingerprint density at radius 2 is 1.87 bits per heavy atom. The summed E-state index contributed by atoms with van der Waals surface area (Å²) in [5.74, 6) is 0.541. The zero-order chi connectivity index (χ0) is 16.0. The SMILES string of the molecule is NC1=N[C@H](c2ccccc2O)n2c(nc(=O)c3ccccc32)N1. The molecule has 0 fully saturated rings. The first-order chi connectivity index (χ1) is 11.1. The van der Waals surface area contributed by atoms with E-state index < -0.39 is 6.17 Å². The van der Waals surface area contributed by atoms with E-state index in [-0.39, 0.29) is 17.3 Å². The molecule has 1 aliphatic rings. The maximum atomic E-state index is 12.2. The van der Waals surface area contributed by atoms with Gasteiger partial charge in [0, 0.05) is 5.56 Å². The Morgan fingerprint density at radius 1 is 1.13 bits per heavy atom. The maximum absolute atomic E-state index is 12.2. The van der Waals surface area contributed by atoms with Crippen molar-refractivity contribution in [3.05, 3.63) is 64.4 Å². The van der Waals surface area contributed by atoms with E-state index in [0.29, 0.717) is 22.4 Å². The van der Waals surface area contributed by atoms with Gasteiger partial charge in [0.15, 0.2) is 12.1 Å². The Kier molecular flexibility index (Phi) is 2.80. The molecule has 0 unspecified atom stereocenters. The van der Waals surface area contributed by atoms with Gasteiger partial charge in [-0.25, -0.2) is 4.99 Å². The lowest BCUT2D eigenvalue weighted by Gasteiger charge is -2.27. The molecule has 0 radical (unpaired) electrons. The zero-order valence-corrected chi connectivity index (χ0v) is 12.0. The second-order valence-corrected chi connectivity index (χ2v) is 5.20. The number of nitrogens with one attached hydrogen (secondary N) is 1. The third-order valence-electron chi connectivity index (χ3n) is 3.79. The van der Waals surface area contributed by atoms with Gasteiger partial charge in [0.05, 0.1) is 10.9 Å². The van der Waals surface area contributed by atoms with E-state index in [4.69, 9.17) is 5.73 Å². The van der Waals surface area contributed by atoms with Gasteiger partial charge < -0.3 is 10.8 Å². The van der Waals surface area contributed by atoms with Crippen LogP contribution in [0.5, 0.6) is 5.75 Å². The number of nitrogens with zero attached hydrogens (tertiary/aromatic N) is 3. The Bertz CT molecular complexity index is 1010. The summed E-state index contributed by atoms with van der Waals surface area (Å²) < 4.78 is 1.75. The molecule has 2 heterocycles. The molecule has 0 aliphatic carbocycles. The highest BCUT2D eigenvalue weighted by Gasteiger charge is 2.26. The van der Waals surface area contributed by atoms with Crippen LogP contribution >= 0.6 is 0 Å². The summed E-state index contributed by atoms with van der Waals surface area (Å²) in [6, 6.07) is 14.0. The first-order valence-electron chi connectivity index (χ1n) is 7.04. The molecule has 0 saturated carbocycles. The summed E-state index contributed by atoms with van der Waals surface area (Å²) in [6.45, 7) is 0. The average Bonchev–Trinajstić information content (AvgIpc) is 2.54. The molecule has 0 spiro atoms. The number of phenolic OH excluding ortho intramolecular Hbond substituents is 1. The number of para-hydroxylation sites is 2. The van der Waals surface area contributed by atoms with Crippen LogP contribution < -0.4 is 16.6 Å². The number of benzene rings is 2. The van der Waals surface area contributed by atoms with Crippen LogP contribution in [-0.4, -0.2) is 20.6 Å². The lowest BCUT2D eigenvalue weighted by Crippen LogP contribution is -2.34. The van der Waals surface area contributed by atoms with Crippen LogP contribution in [0, 0.1) is 0 Å². The van der Waals surface area contributed by atoms with Crippen molar-refractivity contribution in [2.24, 2.45) is 10.7 Å². The van der Waals surface area contributed by atoms with E-state index in [0.717, 1.165) is 0 Å². The van der Waals surface area contributed by atoms with Crippen LogP contribution in [-0.2, 0) is 0 Å². The fourth-order valence-electron chi connectivity index (χ4n) is 2.78. The van der Waals surface area contributed by atoms with Crippen LogP contribution in [0.2, 0.25) is 0 Å². The zero-order valence-electron chi connectivity index (χ0n) is 12.0. The normalized spacial score (nSPS) is 16.5. The number of fused-ring (bicyclic) bond motifs is 3. The van der Waals surface area contributed by atoms with E-state index in [1.54, 1.807) is 41.0 Å². The fraction of sp³-hybridized carbons (Fsp3) is 0.0625. The number of guanidine groups is 1. The van der Waals surface area contributed by atoms with E-state index in [1.807, 2.05) is 12.1 Å². The molecule has 4 N–H and O–H groups in total. The van der Waals surface area contributed by atoms with Crippen LogP contribution in [0.15, 0.2) is 58.3 Å². The maximum Gasteiger partial charge on any atom is 0.282 e. The average molecular weight is 307 g/mol. The van der Waals surface area contributed by atoms with E-state index in [9.17, 15) is 9.90 Å². The summed E-state index contributed by atoms with van der Waals surface area (Å²) in [7, 11) is 0. The fourth-order valence-corrected chi connectivity index (χ4v) is 2.78. The predicted octanol–water partition coefficient (Wildman–Crippen LogP) is 1.39. The Morgan fingerprint density at radius 3 is 2.70 bits per heavy atom. The van der Waals surface area contributed by atoms with Gasteiger partial charge in [-0.05, 0) is 18.2 Å². The van der Waals surface area contributed by atoms with Gasteiger partial charge in [0.25, 0.3) is 5.56 Å². The first-order valence-corrected chi connectivity index (χ1v) is 7.04. The molecule has 7 heteroatoms. The van der Waals surface area contributed by atoms with Gasteiger partial charge in [0.1, 0.15) is 5.75 Å². The van der Waals surface area contributed by atoms with Gasteiger partial charge in [0.2, 0.25) is 5.95 Å². The second kappa shape index (κ2) is 4.84. The lowest BCUT2D eigenvalue weighted by molar-refractivity contribution is 0.455. The number of hydrogen-bond donors (Lipinski definition) is 3. The molecule has 1 atom stereocenters. The summed E-state index contributed by atoms with van der Waals surface area (Å²) in [5.41, 5.74) is 6.72. The lowest BCUT2D eigenvalue weighted by atomic mass is 10.1. The van der Waals surface area contributed by atoms with Crippen molar-refractivity contribution in [3.8, 4) is 5.75 Å². The number of rotatable bonds is 1. The molecule has 0 amide bonds. The van der Waals surface area contributed by atoms with Crippen molar-refractivity contribution in [2.75, 3.05) is 5.32 Å². The van der Waals surface area contributed by atoms with Crippen molar-refractivity contribution >= 4 is 22.8 Å². The second-order valence-electron chi connectivity index (χ2n) is 5.20. The van der Waals surface area contributed by atoms with Gasteiger partial charge in [-0.15, -0.1) is 0 Å². The Balaban J connectivity index is 2.08. The number of aliphatic imine (C=N–C) groups is 1. The van der Waals surface area contributed by atoms with Gasteiger partial charge in [-0.3, -0.25) is 14.7 Å². The van der Waals surface area contributed by atoms with Crippen LogP contribution in [0.1, 0.15) is 11.7 Å². The first kappa shape index (κ1) is 13.3. The minimum absolute atomic E-state index is 0.102. The number of nitrogens with two attached hydrogens (primary N) is 1. The molecular weight excluding hydrogens is 294 g/mol. The molecule has 0 bridgehead atoms. The van der Waals surface area contributed by atoms with E-state index in [2.05, 4.69) is 15.3 Å².